The number of para-hydroxylation sites is 1. The molecule has 2 aromatic carbocycles. The number of carbonyl (C=O) groups is 1. The molecule has 1 heterocycles. The number of rotatable bonds is 2. The van der Waals surface area contributed by atoms with Crippen LogP contribution in [0.4, 0.5) is 4.39 Å². The number of primary amides is 1. The van der Waals surface area contributed by atoms with Crippen LogP contribution in [0.1, 0.15) is 63.0 Å². The van der Waals surface area contributed by atoms with E-state index in [0.29, 0.717) is 5.69 Å². The minimum Gasteiger partial charge on any atom is -0.508 e. The minimum atomic E-state index is -0.896. The maximum absolute atomic E-state index is 14.9. The van der Waals surface area contributed by atoms with Gasteiger partial charge in [-0.25, -0.2) is 4.39 Å². The third kappa shape index (κ3) is 3.58. The molecule has 0 aliphatic heterocycles. The number of carbonyl (C=O) groups excluding carboxylic acids is 1. The van der Waals surface area contributed by atoms with E-state index in [2.05, 4.69) is 0 Å². The van der Waals surface area contributed by atoms with Crippen LogP contribution in [0.3, 0.4) is 0 Å². The summed E-state index contributed by atoms with van der Waals surface area (Å²) in [6.45, 7) is 12.0. The number of hydrogen-bond acceptors (Lipinski definition) is 3. The topological polar surface area (TPSA) is 85.3 Å². The molecule has 3 rings (SSSR count). The number of amides is 1. The number of nitrogens with two attached hydrogens (primary N) is 1. The molecule has 0 spiro atoms. The molecule has 0 saturated carbocycles. The smallest absolute Gasteiger partial charge is 0.254 e. The van der Waals surface area contributed by atoms with Crippen molar-refractivity contribution < 1.29 is 14.3 Å². The Bertz CT molecular complexity index is 1230. The molecule has 158 valence electrons. The van der Waals surface area contributed by atoms with Gasteiger partial charge in [-0.05, 0) is 40.2 Å². The molecule has 0 bridgehead atoms. The summed E-state index contributed by atoms with van der Waals surface area (Å²) in [7, 11) is 0. The van der Waals surface area contributed by atoms with Crippen LogP contribution in [0.5, 0.6) is 5.75 Å². The molecular formula is C24H27FN2O3. The zero-order chi connectivity index (χ0) is 22.6. The Balaban J connectivity index is 2.56. The predicted molar refractivity (Wildman–Crippen MR) is 117 cm³/mol. The Morgan fingerprint density at radius 1 is 1.03 bits per heavy atom. The Hall–Kier alpha value is -3.15. The molecule has 1 aromatic heterocycles. The highest BCUT2D eigenvalue weighted by Gasteiger charge is 2.27. The normalized spacial score (nSPS) is 12.4. The maximum atomic E-state index is 14.9. The van der Waals surface area contributed by atoms with Crippen LogP contribution < -0.4 is 11.2 Å². The third-order valence-electron chi connectivity index (χ3n) is 5.23. The summed E-state index contributed by atoms with van der Waals surface area (Å²) in [6.07, 6.45) is 1.26. The maximum Gasteiger partial charge on any atom is 0.254 e. The van der Waals surface area contributed by atoms with E-state index in [0.717, 1.165) is 11.1 Å². The van der Waals surface area contributed by atoms with Gasteiger partial charge < -0.3 is 15.4 Å². The molecule has 0 aliphatic carbocycles. The highest BCUT2D eigenvalue weighted by Crippen LogP contribution is 2.39. The summed E-state index contributed by atoms with van der Waals surface area (Å²) < 4.78 is 16.3. The van der Waals surface area contributed by atoms with E-state index in [-0.39, 0.29) is 33.0 Å². The molecule has 3 aromatic rings. The van der Waals surface area contributed by atoms with E-state index in [1.165, 1.54) is 29.0 Å². The summed E-state index contributed by atoms with van der Waals surface area (Å²) in [5.41, 5.74) is 5.94. The van der Waals surface area contributed by atoms with Crippen LogP contribution in [0.25, 0.3) is 16.6 Å². The number of nitrogens with zero attached hydrogens (tertiary/aromatic N) is 1. The highest BCUT2D eigenvalue weighted by atomic mass is 19.1. The van der Waals surface area contributed by atoms with Crippen molar-refractivity contribution >= 4 is 16.8 Å². The van der Waals surface area contributed by atoms with Crippen molar-refractivity contribution in [3.8, 4) is 11.4 Å². The summed E-state index contributed by atoms with van der Waals surface area (Å²) in [6, 6.07) is 7.59. The lowest BCUT2D eigenvalue weighted by Gasteiger charge is -2.29. The Morgan fingerprint density at radius 2 is 1.63 bits per heavy atom. The van der Waals surface area contributed by atoms with Crippen molar-refractivity contribution in [2.75, 3.05) is 0 Å². The molecule has 6 heteroatoms. The van der Waals surface area contributed by atoms with Crippen molar-refractivity contribution in [1.82, 2.24) is 4.57 Å². The van der Waals surface area contributed by atoms with E-state index >= 15 is 0 Å². The first-order valence-corrected chi connectivity index (χ1v) is 9.75. The third-order valence-corrected chi connectivity index (χ3v) is 5.23. The first kappa shape index (κ1) is 21.6. The molecule has 0 saturated heterocycles. The van der Waals surface area contributed by atoms with Crippen LogP contribution in [-0.4, -0.2) is 15.6 Å². The van der Waals surface area contributed by atoms with E-state index in [4.69, 9.17) is 5.73 Å². The van der Waals surface area contributed by atoms with Gasteiger partial charge in [0.25, 0.3) is 5.91 Å². The van der Waals surface area contributed by atoms with Crippen LogP contribution in [-0.2, 0) is 10.8 Å². The van der Waals surface area contributed by atoms with Crippen molar-refractivity contribution in [2.24, 2.45) is 5.73 Å². The summed E-state index contributed by atoms with van der Waals surface area (Å²) in [4.78, 5) is 24.6. The summed E-state index contributed by atoms with van der Waals surface area (Å²) >= 11 is 0. The lowest BCUT2D eigenvalue weighted by atomic mass is 9.79. The van der Waals surface area contributed by atoms with E-state index in [1.807, 2.05) is 47.6 Å². The average Bonchev–Trinajstić information content (AvgIpc) is 2.60. The van der Waals surface area contributed by atoms with Gasteiger partial charge in [0.1, 0.15) is 17.1 Å². The van der Waals surface area contributed by atoms with Crippen molar-refractivity contribution in [2.45, 2.75) is 52.4 Å². The lowest BCUT2D eigenvalue weighted by Crippen LogP contribution is -2.25. The Kier molecular flexibility index (Phi) is 5.01. The van der Waals surface area contributed by atoms with Crippen LogP contribution in [0.15, 0.2) is 41.3 Å². The molecular weight excluding hydrogens is 383 g/mol. The number of pyridine rings is 1. The van der Waals surface area contributed by atoms with Gasteiger partial charge >= 0.3 is 0 Å². The van der Waals surface area contributed by atoms with E-state index in [9.17, 15) is 19.1 Å². The van der Waals surface area contributed by atoms with Gasteiger partial charge in [0, 0.05) is 17.6 Å². The molecule has 1 amide bonds. The fourth-order valence-electron chi connectivity index (χ4n) is 3.68. The molecule has 0 radical (unpaired) electrons. The molecule has 0 aliphatic rings. The van der Waals surface area contributed by atoms with Gasteiger partial charge in [0.15, 0.2) is 0 Å². The monoisotopic (exact) mass is 410 g/mol. The number of halogens is 1. The van der Waals surface area contributed by atoms with Crippen LogP contribution in [0, 0.1) is 5.82 Å². The van der Waals surface area contributed by atoms with Gasteiger partial charge in [-0.15, -0.1) is 0 Å². The van der Waals surface area contributed by atoms with Gasteiger partial charge in [-0.1, -0.05) is 47.6 Å². The van der Waals surface area contributed by atoms with E-state index < -0.39 is 17.2 Å². The quantitative estimate of drug-likeness (QED) is 0.651. The number of aromatic hydroxyl groups is 1. The van der Waals surface area contributed by atoms with Crippen molar-refractivity contribution in [1.29, 1.82) is 0 Å². The molecule has 0 fully saturated rings. The molecule has 0 atom stereocenters. The summed E-state index contributed by atoms with van der Waals surface area (Å²) in [5.74, 6) is -1.46. The molecule has 5 nitrogen and oxygen atoms in total. The largest absolute Gasteiger partial charge is 0.508 e. The highest BCUT2D eigenvalue weighted by molar-refractivity contribution is 5.96. The minimum absolute atomic E-state index is 0.0286. The van der Waals surface area contributed by atoms with Crippen molar-refractivity contribution in [3.63, 3.8) is 0 Å². The number of fused-ring (bicyclic) bond motifs is 1. The van der Waals surface area contributed by atoms with E-state index in [1.54, 1.807) is 6.07 Å². The molecule has 30 heavy (non-hydrogen) atoms. The zero-order valence-corrected chi connectivity index (χ0v) is 18.1. The first-order valence-electron chi connectivity index (χ1n) is 9.75. The van der Waals surface area contributed by atoms with Crippen molar-refractivity contribution in [3.05, 3.63) is 69.3 Å². The van der Waals surface area contributed by atoms with Crippen LogP contribution >= 0.6 is 0 Å². The fourth-order valence-corrected chi connectivity index (χ4v) is 3.68. The Morgan fingerprint density at radius 3 is 2.17 bits per heavy atom. The number of phenolic OH excluding ortho intramolecular Hbond substituents is 1. The first-order chi connectivity index (χ1) is 13.7. The second-order valence-electron chi connectivity index (χ2n) is 9.63. The fraction of sp³-hybridized carbons (Fsp3) is 0.333. The summed E-state index contributed by atoms with van der Waals surface area (Å²) in [5, 5.41) is 10.8. The number of phenols is 1. The number of hydrogen-bond donors (Lipinski definition) is 2. The van der Waals surface area contributed by atoms with Gasteiger partial charge in [-0.2, -0.15) is 0 Å². The number of aromatic nitrogens is 1. The lowest BCUT2D eigenvalue weighted by molar-refractivity contribution is 0.0999. The second-order valence-corrected chi connectivity index (χ2v) is 9.63. The van der Waals surface area contributed by atoms with Gasteiger partial charge in [0.05, 0.1) is 11.2 Å². The molecule has 0 unspecified atom stereocenters. The average molecular weight is 410 g/mol. The zero-order valence-electron chi connectivity index (χ0n) is 18.1. The standard InChI is InChI=1S/C24H27FN2O3/c1-23(2,3)15-10-16(24(4,5)6)19(28)11-18(15)27-12-14(22(26)30)21(29)13-8-7-9-17(25)20(13)27/h7-12,28H,1-6H3,(H2,26,30). The Labute approximate surface area is 175 Å². The SMILES string of the molecule is CC(C)(C)c1cc(C(C)(C)C)c(-n2cc(C(N)=O)c(=O)c3cccc(F)c32)cc1O. The number of benzene rings is 2. The second kappa shape index (κ2) is 6.97. The van der Waals surface area contributed by atoms with Crippen LogP contribution in [0.2, 0.25) is 0 Å². The van der Waals surface area contributed by atoms with Gasteiger partial charge in [0.2, 0.25) is 5.43 Å². The molecule has 3 N–H and O–H groups in total. The van der Waals surface area contributed by atoms with Gasteiger partial charge in [-0.3, -0.25) is 9.59 Å². The predicted octanol–water partition coefficient (Wildman–Crippen LogP) is 4.53.